The normalized spacial score (nSPS) is 14.2. The van der Waals surface area contributed by atoms with Crippen molar-refractivity contribution in [1.29, 1.82) is 0 Å². The van der Waals surface area contributed by atoms with Crippen LogP contribution in [0, 0.1) is 0 Å². The topological polar surface area (TPSA) is 56.8 Å². The zero-order chi connectivity index (χ0) is 19.4. The second kappa shape index (κ2) is 7.79. The van der Waals surface area contributed by atoms with Crippen molar-refractivity contribution in [2.24, 2.45) is 0 Å². The van der Waals surface area contributed by atoms with Crippen LogP contribution in [0.3, 0.4) is 0 Å². The highest BCUT2D eigenvalue weighted by Crippen LogP contribution is 2.35. The summed E-state index contributed by atoms with van der Waals surface area (Å²) in [5.41, 5.74) is 0.122. The fraction of sp³-hybridized carbons (Fsp3) is 0.167. The fourth-order valence-electron chi connectivity index (χ4n) is 2.28. The molecule has 1 aliphatic rings. The zero-order valence-electron chi connectivity index (χ0n) is 13.7. The van der Waals surface area contributed by atoms with Gasteiger partial charge in [-0.1, -0.05) is 29.8 Å². The first-order valence-corrected chi connectivity index (χ1v) is 8.13. The summed E-state index contributed by atoms with van der Waals surface area (Å²) in [6.45, 7) is -0.467. The third-order valence-corrected chi connectivity index (χ3v) is 3.64. The van der Waals surface area contributed by atoms with Crippen LogP contribution in [0.1, 0.15) is 0 Å². The quantitative estimate of drug-likeness (QED) is 0.795. The number of rotatable bonds is 4. The highest BCUT2D eigenvalue weighted by molar-refractivity contribution is 6.30. The van der Waals surface area contributed by atoms with Crippen LogP contribution >= 0.6 is 11.6 Å². The van der Waals surface area contributed by atoms with E-state index in [0.717, 1.165) is 0 Å². The molecule has 0 spiro atoms. The van der Waals surface area contributed by atoms with Gasteiger partial charge in [0.05, 0.1) is 5.69 Å². The number of halogens is 4. The van der Waals surface area contributed by atoms with E-state index in [4.69, 9.17) is 21.1 Å². The maximum atomic E-state index is 13.0. The third kappa shape index (κ3) is 4.65. The van der Waals surface area contributed by atoms with Crippen LogP contribution < -0.4 is 10.1 Å². The molecular formula is C18H13ClF3NO4. The molecule has 0 aromatic heterocycles. The number of hydrogen-bond donors (Lipinski definition) is 1. The molecule has 1 amide bonds. The van der Waals surface area contributed by atoms with Gasteiger partial charge in [0.15, 0.2) is 5.75 Å². The van der Waals surface area contributed by atoms with E-state index < -0.39 is 23.6 Å². The molecule has 1 aliphatic heterocycles. The maximum Gasteiger partial charge on any atom is 0.453 e. The lowest BCUT2D eigenvalue weighted by Crippen LogP contribution is -2.30. The van der Waals surface area contributed by atoms with Crippen molar-refractivity contribution in [3.05, 3.63) is 65.1 Å². The summed E-state index contributed by atoms with van der Waals surface area (Å²) in [5, 5.41) is 2.67. The van der Waals surface area contributed by atoms with Gasteiger partial charge in [0, 0.05) is 11.1 Å². The highest BCUT2D eigenvalue weighted by Gasteiger charge is 2.43. The Kier molecular flexibility index (Phi) is 5.46. The van der Waals surface area contributed by atoms with Crippen molar-refractivity contribution in [2.45, 2.75) is 6.18 Å². The number of carbonyl (C=O) groups excluding carboxylic acids is 1. The molecule has 27 heavy (non-hydrogen) atoms. The summed E-state index contributed by atoms with van der Waals surface area (Å²) in [7, 11) is 0. The molecule has 2 aromatic carbocycles. The number of amides is 1. The van der Waals surface area contributed by atoms with Gasteiger partial charge >= 0.3 is 6.18 Å². The molecule has 0 aliphatic carbocycles. The fourth-order valence-corrected chi connectivity index (χ4v) is 2.44. The van der Waals surface area contributed by atoms with Crippen LogP contribution in [0.4, 0.5) is 18.9 Å². The smallest absolute Gasteiger partial charge is 0.453 e. The minimum Gasteiger partial charge on any atom is -0.483 e. The van der Waals surface area contributed by atoms with E-state index in [1.165, 1.54) is 18.2 Å². The van der Waals surface area contributed by atoms with Crippen molar-refractivity contribution in [3.8, 4) is 11.5 Å². The van der Waals surface area contributed by atoms with E-state index >= 15 is 0 Å². The second-order valence-corrected chi connectivity index (χ2v) is 5.80. The summed E-state index contributed by atoms with van der Waals surface area (Å²) in [6, 6.07) is 12.9. The highest BCUT2D eigenvalue weighted by atomic mass is 35.5. The molecular weight excluding hydrogens is 387 g/mol. The Morgan fingerprint density at radius 2 is 1.78 bits per heavy atom. The first-order valence-electron chi connectivity index (χ1n) is 7.75. The Bertz CT molecular complexity index is 869. The van der Waals surface area contributed by atoms with Gasteiger partial charge in [0.1, 0.15) is 19.0 Å². The van der Waals surface area contributed by atoms with Crippen molar-refractivity contribution < 1.29 is 32.2 Å². The zero-order valence-corrected chi connectivity index (χ0v) is 14.4. The third-order valence-electron chi connectivity index (χ3n) is 3.41. The van der Waals surface area contributed by atoms with Crippen LogP contribution in [-0.2, 0) is 14.3 Å². The van der Waals surface area contributed by atoms with E-state index in [2.05, 4.69) is 10.1 Å². The standard InChI is InChI=1S/C18H13ClF3NO4/c19-11-6-7-13(14(10-11)27-12-4-2-1-3-5-12)23-17(24)15-16(18(20,21)22)26-9-8-25-15/h1-7,10H,8-9H2,(H,23,24). The number of benzene rings is 2. The number of para-hydroxylation sites is 1. The van der Waals surface area contributed by atoms with Gasteiger partial charge in [-0.2, -0.15) is 13.2 Å². The number of alkyl halides is 3. The number of ether oxygens (including phenoxy) is 3. The predicted octanol–water partition coefficient (Wildman–Crippen LogP) is 4.89. The number of nitrogens with one attached hydrogen (secondary N) is 1. The molecule has 9 heteroatoms. The van der Waals surface area contributed by atoms with Crippen molar-refractivity contribution in [2.75, 3.05) is 18.5 Å². The van der Waals surface area contributed by atoms with Gasteiger partial charge in [0.2, 0.25) is 11.5 Å². The summed E-state index contributed by atoms with van der Waals surface area (Å²) >= 11 is 5.96. The Morgan fingerprint density at radius 1 is 1.07 bits per heavy atom. The van der Waals surface area contributed by atoms with Gasteiger partial charge in [0.25, 0.3) is 5.91 Å². The van der Waals surface area contributed by atoms with Crippen molar-refractivity contribution >= 4 is 23.2 Å². The Hall–Kier alpha value is -2.87. The predicted molar refractivity (Wildman–Crippen MR) is 91.6 cm³/mol. The molecule has 0 saturated heterocycles. The Morgan fingerprint density at radius 3 is 2.48 bits per heavy atom. The lowest BCUT2D eigenvalue weighted by molar-refractivity contribution is -0.151. The molecule has 2 aromatic rings. The Labute approximate surface area is 157 Å². The van der Waals surface area contributed by atoms with Gasteiger partial charge < -0.3 is 19.5 Å². The van der Waals surface area contributed by atoms with Gasteiger partial charge in [-0.25, -0.2) is 0 Å². The average Bonchev–Trinajstić information content (AvgIpc) is 2.64. The molecule has 5 nitrogen and oxygen atoms in total. The molecule has 0 saturated carbocycles. The van der Waals surface area contributed by atoms with Crippen molar-refractivity contribution in [3.63, 3.8) is 0 Å². The maximum absolute atomic E-state index is 13.0. The average molecular weight is 400 g/mol. The molecule has 1 N–H and O–H groups in total. The summed E-state index contributed by atoms with van der Waals surface area (Å²) in [6.07, 6.45) is -4.85. The SMILES string of the molecule is O=C(Nc1ccc(Cl)cc1Oc1ccccc1)C1=C(C(F)(F)F)OCCO1. The lowest BCUT2D eigenvalue weighted by atomic mass is 10.2. The number of allylic oxidation sites excluding steroid dienone is 1. The molecule has 142 valence electrons. The minimum absolute atomic E-state index is 0.122. The van der Waals surface area contributed by atoms with E-state index in [1.807, 2.05) is 0 Å². The van der Waals surface area contributed by atoms with E-state index in [1.54, 1.807) is 30.3 Å². The van der Waals surface area contributed by atoms with E-state index in [-0.39, 0.29) is 24.7 Å². The largest absolute Gasteiger partial charge is 0.483 e. The molecule has 0 radical (unpaired) electrons. The number of hydrogen-bond acceptors (Lipinski definition) is 4. The second-order valence-electron chi connectivity index (χ2n) is 5.36. The minimum atomic E-state index is -4.85. The van der Waals surface area contributed by atoms with Crippen LogP contribution in [0.2, 0.25) is 5.02 Å². The summed E-state index contributed by atoms with van der Waals surface area (Å²) in [5.74, 6) is -2.89. The monoisotopic (exact) mass is 399 g/mol. The summed E-state index contributed by atoms with van der Waals surface area (Å²) < 4.78 is 54.2. The molecule has 0 atom stereocenters. The Balaban J connectivity index is 1.89. The molecule has 3 rings (SSSR count). The van der Waals surface area contributed by atoms with Crippen LogP contribution in [-0.4, -0.2) is 25.3 Å². The van der Waals surface area contributed by atoms with Crippen LogP contribution in [0.5, 0.6) is 11.5 Å². The van der Waals surface area contributed by atoms with Gasteiger partial charge in [-0.3, -0.25) is 4.79 Å². The molecule has 0 fully saturated rings. The first kappa shape index (κ1) is 18.9. The van der Waals surface area contributed by atoms with Crippen LogP contribution in [0.15, 0.2) is 60.0 Å². The van der Waals surface area contributed by atoms with Gasteiger partial charge in [-0.05, 0) is 24.3 Å². The first-order chi connectivity index (χ1) is 12.8. The van der Waals surface area contributed by atoms with Crippen molar-refractivity contribution in [1.82, 2.24) is 0 Å². The van der Waals surface area contributed by atoms with Gasteiger partial charge in [-0.15, -0.1) is 0 Å². The van der Waals surface area contributed by atoms with Crippen LogP contribution in [0.25, 0.3) is 0 Å². The number of carbonyl (C=O) groups is 1. The molecule has 0 unspecified atom stereocenters. The molecule has 0 bridgehead atoms. The lowest BCUT2D eigenvalue weighted by Gasteiger charge is -2.23. The summed E-state index contributed by atoms with van der Waals surface area (Å²) in [4.78, 5) is 12.4. The number of anilines is 1. The van der Waals surface area contributed by atoms with E-state index in [9.17, 15) is 18.0 Å². The molecule has 1 heterocycles. The van der Waals surface area contributed by atoms with E-state index in [0.29, 0.717) is 10.8 Å².